The quantitative estimate of drug-likeness (QED) is 0.758. The largest absolute Gasteiger partial charge is 0.496 e. The molecule has 2 aromatic rings. The topological polar surface area (TPSA) is 58.6 Å². The van der Waals surface area contributed by atoms with E-state index >= 15 is 0 Å². The molecule has 1 aromatic heterocycles. The summed E-state index contributed by atoms with van der Waals surface area (Å²) in [7, 11) is 3.79. The molecule has 3 heterocycles. The molecule has 1 fully saturated rings. The molecule has 1 saturated heterocycles. The van der Waals surface area contributed by atoms with Gasteiger partial charge >= 0.3 is 0 Å². The first-order valence-electron chi connectivity index (χ1n) is 11.0. The Labute approximate surface area is 179 Å². The van der Waals surface area contributed by atoms with E-state index in [1.807, 2.05) is 29.2 Å². The number of nitrogens with zero attached hydrogens (tertiary/aromatic N) is 4. The van der Waals surface area contributed by atoms with Crippen molar-refractivity contribution < 1.29 is 9.53 Å². The molecule has 0 radical (unpaired) electrons. The van der Waals surface area contributed by atoms with Crippen molar-refractivity contribution in [1.29, 1.82) is 0 Å². The number of fused-ring (bicyclic) bond motifs is 1. The first kappa shape index (κ1) is 20.6. The molecule has 0 saturated carbocycles. The molecule has 4 rings (SSSR count). The molecule has 1 atom stereocenters. The average molecular weight is 409 g/mol. The van der Waals surface area contributed by atoms with Crippen LogP contribution in [0.15, 0.2) is 24.3 Å². The van der Waals surface area contributed by atoms with Crippen molar-refractivity contribution in [3.63, 3.8) is 0 Å². The highest BCUT2D eigenvalue weighted by Crippen LogP contribution is 2.31. The molecule has 0 bridgehead atoms. The number of rotatable bonds is 5. The van der Waals surface area contributed by atoms with Gasteiger partial charge < -0.3 is 14.5 Å². The molecule has 6 nitrogen and oxygen atoms in total. The molecule has 1 aromatic carbocycles. The van der Waals surface area contributed by atoms with Crippen LogP contribution in [0, 0.1) is 6.92 Å². The minimum atomic E-state index is 0.206. The van der Waals surface area contributed by atoms with Crippen molar-refractivity contribution in [1.82, 2.24) is 14.9 Å². The van der Waals surface area contributed by atoms with Gasteiger partial charge in [0.15, 0.2) is 0 Å². The predicted molar refractivity (Wildman–Crippen MR) is 118 cm³/mol. The fourth-order valence-electron chi connectivity index (χ4n) is 4.72. The molecule has 1 amide bonds. The summed E-state index contributed by atoms with van der Waals surface area (Å²) in [5.74, 6) is 3.26. The summed E-state index contributed by atoms with van der Waals surface area (Å²) in [6, 6.07) is 7.93. The van der Waals surface area contributed by atoms with E-state index in [1.165, 1.54) is 5.56 Å². The molecule has 160 valence electrons. The molecule has 0 unspecified atom stereocenters. The van der Waals surface area contributed by atoms with E-state index in [-0.39, 0.29) is 11.8 Å². The summed E-state index contributed by atoms with van der Waals surface area (Å²) < 4.78 is 5.42. The number of piperidine rings is 1. The number of amides is 1. The summed E-state index contributed by atoms with van der Waals surface area (Å²) in [5, 5.41) is 0. The average Bonchev–Trinajstić information content (AvgIpc) is 2.78. The van der Waals surface area contributed by atoms with Gasteiger partial charge in [-0.05, 0) is 50.7 Å². The number of aryl methyl sites for hydroxylation is 2. The maximum Gasteiger partial charge on any atom is 0.222 e. The highest BCUT2D eigenvalue weighted by Gasteiger charge is 2.28. The summed E-state index contributed by atoms with van der Waals surface area (Å²) in [4.78, 5) is 27.0. The van der Waals surface area contributed by atoms with Gasteiger partial charge in [-0.25, -0.2) is 9.97 Å². The van der Waals surface area contributed by atoms with Crippen LogP contribution in [-0.2, 0) is 17.6 Å². The molecule has 0 aliphatic carbocycles. The van der Waals surface area contributed by atoms with Gasteiger partial charge in [0.2, 0.25) is 5.91 Å². The maximum absolute atomic E-state index is 12.9. The number of aromatic nitrogens is 2. The fourth-order valence-corrected chi connectivity index (χ4v) is 4.72. The third-order valence-electron chi connectivity index (χ3n) is 6.43. The normalized spacial score (nSPS) is 18.8. The number of ether oxygens (including phenoxy) is 1. The van der Waals surface area contributed by atoms with E-state index in [9.17, 15) is 4.79 Å². The Hall–Kier alpha value is -2.63. The monoisotopic (exact) mass is 408 g/mol. The Morgan fingerprint density at radius 3 is 2.87 bits per heavy atom. The minimum absolute atomic E-state index is 0.206. The van der Waals surface area contributed by atoms with Crippen LogP contribution in [0.1, 0.15) is 54.2 Å². The number of carbonyl (C=O) groups is 1. The van der Waals surface area contributed by atoms with Crippen LogP contribution in [0.3, 0.4) is 0 Å². The highest BCUT2D eigenvalue weighted by molar-refractivity contribution is 5.76. The second kappa shape index (κ2) is 9.02. The van der Waals surface area contributed by atoms with Crippen molar-refractivity contribution in [2.24, 2.45) is 0 Å². The Kier molecular flexibility index (Phi) is 6.21. The van der Waals surface area contributed by atoms with E-state index in [2.05, 4.69) is 18.9 Å². The second-order valence-corrected chi connectivity index (χ2v) is 8.49. The number of para-hydroxylation sites is 1. The lowest BCUT2D eigenvalue weighted by molar-refractivity contribution is -0.132. The van der Waals surface area contributed by atoms with Crippen LogP contribution >= 0.6 is 0 Å². The van der Waals surface area contributed by atoms with Gasteiger partial charge in [0.25, 0.3) is 0 Å². The third kappa shape index (κ3) is 4.27. The number of hydrogen-bond donors (Lipinski definition) is 0. The number of carbonyl (C=O) groups excluding carboxylic acids is 1. The van der Waals surface area contributed by atoms with Gasteiger partial charge in [0.05, 0.1) is 7.11 Å². The highest BCUT2D eigenvalue weighted by atomic mass is 16.5. The smallest absolute Gasteiger partial charge is 0.222 e. The molecule has 6 heteroatoms. The van der Waals surface area contributed by atoms with E-state index in [0.717, 1.165) is 67.4 Å². The maximum atomic E-state index is 12.9. The minimum Gasteiger partial charge on any atom is -0.496 e. The Morgan fingerprint density at radius 1 is 1.20 bits per heavy atom. The number of benzene rings is 1. The SMILES string of the molecule is COc1ccccc1CCC(=O)N1CCC[C@@H](c2nc(C)c3c(n2)N(C)CCC3)C1. The van der Waals surface area contributed by atoms with Gasteiger partial charge in [-0.3, -0.25) is 4.79 Å². The van der Waals surface area contributed by atoms with Gasteiger partial charge in [0, 0.05) is 50.3 Å². The first-order chi connectivity index (χ1) is 14.6. The summed E-state index contributed by atoms with van der Waals surface area (Å²) in [6.07, 6.45) is 5.46. The predicted octanol–water partition coefficient (Wildman–Crippen LogP) is 3.51. The number of likely N-dealkylation sites (tertiary alicyclic amines) is 1. The molecular weight excluding hydrogens is 376 g/mol. The van der Waals surface area contributed by atoms with Crippen molar-refractivity contribution in [2.45, 2.75) is 51.4 Å². The number of hydrogen-bond acceptors (Lipinski definition) is 5. The zero-order valence-corrected chi connectivity index (χ0v) is 18.4. The summed E-state index contributed by atoms with van der Waals surface area (Å²) in [6.45, 7) is 4.68. The van der Waals surface area contributed by atoms with Crippen LogP contribution in [0.2, 0.25) is 0 Å². The van der Waals surface area contributed by atoms with Crippen LogP contribution in [-0.4, -0.2) is 54.6 Å². The van der Waals surface area contributed by atoms with Gasteiger partial charge in [-0.15, -0.1) is 0 Å². The number of methoxy groups -OCH3 is 1. The summed E-state index contributed by atoms with van der Waals surface area (Å²) >= 11 is 0. The standard InChI is InChI=1S/C24H32N4O2/c1-17-20-10-7-14-27(2)24(20)26-23(25-17)19-9-6-15-28(16-19)22(29)13-12-18-8-4-5-11-21(18)30-3/h4-5,8,11,19H,6-7,9-10,12-16H2,1-3H3/t19-/m1/s1. The molecule has 2 aliphatic heterocycles. The molecule has 0 N–H and O–H groups in total. The van der Waals surface area contributed by atoms with Gasteiger partial charge in [-0.1, -0.05) is 18.2 Å². The van der Waals surface area contributed by atoms with Crippen LogP contribution in [0.4, 0.5) is 5.82 Å². The Morgan fingerprint density at radius 2 is 2.03 bits per heavy atom. The van der Waals surface area contributed by atoms with Gasteiger partial charge in [0.1, 0.15) is 17.4 Å². The molecule has 0 spiro atoms. The zero-order chi connectivity index (χ0) is 21.1. The van der Waals surface area contributed by atoms with Crippen LogP contribution in [0.25, 0.3) is 0 Å². The molecule has 30 heavy (non-hydrogen) atoms. The lowest BCUT2D eigenvalue weighted by Crippen LogP contribution is -2.40. The van der Waals surface area contributed by atoms with Gasteiger partial charge in [-0.2, -0.15) is 0 Å². The Balaban J connectivity index is 1.44. The first-order valence-corrected chi connectivity index (χ1v) is 11.0. The van der Waals surface area contributed by atoms with E-state index in [0.29, 0.717) is 19.4 Å². The fraction of sp³-hybridized carbons (Fsp3) is 0.542. The molecule has 2 aliphatic rings. The van der Waals surface area contributed by atoms with E-state index in [1.54, 1.807) is 7.11 Å². The van der Waals surface area contributed by atoms with Crippen molar-refractivity contribution in [3.8, 4) is 5.75 Å². The van der Waals surface area contributed by atoms with Crippen LogP contribution in [0.5, 0.6) is 5.75 Å². The summed E-state index contributed by atoms with van der Waals surface area (Å²) in [5.41, 5.74) is 3.47. The molecular formula is C24H32N4O2. The Bertz CT molecular complexity index is 914. The van der Waals surface area contributed by atoms with E-state index < -0.39 is 0 Å². The van der Waals surface area contributed by atoms with Crippen LogP contribution < -0.4 is 9.64 Å². The van der Waals surface area contributed by atoms with Crippen molar-refractivity contribution in [3.05, 3.63) is 46.9 Å². The second-order valence-electron chi connectivity index (χ2n) is 8.49. The number of anilines is 1. The lowest BCUT2D eigenvalue weighted by atomic mass is 9.95. The van der Waals surface area contributed by atoms with E-state index in [4.69, 9.17) is 14.7 Å². The van der Waals surface area contributed by atoms with Crippen molar-refractivity contribution in [2.75, 3.05) is 38.7 Å². The van der Waals surface area contributed by atoms with Crippen molar-refractivity contribution >= 4 is 11.7 Å². The zero-order valence-electron chi connectivity index (χ0n) is 18.4. The third-order valence-corrected chi connectivity index (χ3v) is 6.43. The lowest BCUT2D eigenvalue weighted by Gasteiger charge is -2.33.